The van der Waals surface area contributed by atoms with Crippen LogP contribution in [0.1, 0.15) is 17.0 Å². The molecule has 0 amide bonds. The van der Waals surface area contributed by atoms with Crippen molar-refractivity contribution in [2.75, 3.05) is 0 Å². The first kappa shape index (κ1) is 13.6. The molecule has 0 saturated carbocycles. The van der Waals surface area contributed by atoms with Crippen LogP contribution >= 0.6 is 11.8 Å². The van der Waals surface area contributed by atoms with E-state index < -0.39 is 0 Å². The molecule has 0 fully saturated rings. The van der Waals surface area contributed by atoms with Crippen LogP contribution in [-0.4, -0.2) is 10.2 Å². The predicted octanol–water partition coefficient (Wildman–Crippen LogP) is 4.53. The monoisotopic (exact) mass is 294 g/mol. The minimum atomic E-state index is 0.512. The van der Waals surface area contributed by atoms with Gasteiger partial charge in [-0.1, -0.05) is 48.5 Å². The summed E-state index contributed by atoms with van der Waals surface area (Å²) in [4.78, 5) is 1.23. The largest absolute Gasteiger partial charge is 0.424 e. The lowest BCUT2D eigenvalue weighted by Crippen LogP contribution is -1.83. The molecule has 0 saturated heterocycles. The Morgan fingerprint density at radius 2 is 1.76 bits per heavy atom. The van der Waals surface area contributed by atoms with Gasteiger partial charge in [-0.15, -0.1) is 22.0 Å². The van der Waals surface area contributed by atoms with Crippen LogP contribution in [0.15, 0.2) is 70.3 Å². The lowest BCUT2D eigenvalue weighted by molar-refractivity contribution is 0.542. The molecule has 2 aromatic carbocycles. The van der Waals surface area contributed by atoms with E-state index in [2.05, 4.69) is 52.7 Å². The van der Waals surface area contributed by atoms with Crippen LogP contribution < -0.4 is 0 Å². The number of nitrogens with zero attached hydrogens (tertiary/aromatic N) is 2. The van der Waals surface area contributed by atoms with Crippen molar-refractivity contribution in [1.82, 2.24) is 10.2 Å². The molecule has 0 bridgehead atoms. The summed E-state index contributed by atoms with van der Waals surface area (Å²) in [7, 11) is 0. The van der Waals surface area contributed by atoms with Crippen molar-refractivity contribution in [3.63, 3.8) is 0 Å². The van der Waals surface area contributed by atoms with E-state index in [1.807, 2.05) is 36.0 Å². The first-order valence-electron chi connectivity index (χ1n) is 6.62. The molecule has 21 heavy (non-hydrogen) atoms. The third kappa shape index (κ3) is 3.83. The second-order valence-electron chi connectivity index (χ2n) is 4.42. The van der Waals surface area contributed by atoms with Crippen LogP contribution in [0.2, 0.25) is 0 Å². The fourth-order valence-corrected chi connectivity index (χ4v) is 2.89. The van der Waals surface area contributed by atoms with Crippen molar-refractivity contribution in [3.05, 3.63) is 78.0 Å². The van der Waals surface area contributed by atoms with Crippen LogP contribution in [-0.2, 0) is 5.75 Å². The summed E-state index contributed by atoms with van der Waals surface area (Å²) in [5.41, 5.74) is 2.47. The lowest BCUT2D eigenvalue weighted by Gasteiger charge is -2.05. The van der Waals surface area contributed by atoms with Crippen LogP contribution in [0.4, 0.5) is 0 Å². The SMILES string of the molecule is C(=C\c1ccccc1SCc1ccccc1)/c1nnco1. The Balaban J connectivity index is 1.73. The van der Waals surface area contributed by atoms with Crippen LogP contribution in [0.5, 0.6) is 0 Å². The Hall–Kier alpha value is -2.33. The number of benzene rings is 2. The standard InChI is InChI=1S/C17H14N2OS/c1-2-6-14(7-3-1)12-21-16-9-5-4-8-15(16)10-11-17-19-18-13-20-17/h1-11,13H,12H2/b11-10+. The van der Waals surface area contributed by atoms with Gasteiger partial charge in [-0.25, -0.2) is 0 Å². The maximum Gasteiger partial charge on any atom is 0.240 e. The Kier molecular flexibility index (Phi) is 4.49. The molecule has 0 N–H and O–H groups in total. The average Bonchev–Trinajstić information content (AvgIpc) is 3.06. The minimum Gasteiger partial charge on any atom is -0.424 e. The Bertz CT molecular complexity index is 709. The molecule has 3 nitrogen and oxygen atoms in total. The Morgan fingerprint density at radius 3 is 2.57 bits per heavy atom. The van der Waals surface area contributed by atoms with Crippen molar-refractivity contribution in [1.29, 1.82) is 0 Å². The number of hydrogen-bond acceptors (Lipinski definition) is 4. The van der Waals surface area contributed by atoms with Crippen molar-refractivity contribution in [2.24, 2.45) is 0 Å². The summed E-state index contributed by atoms with van der Waals surface area (Å²) in [6, 6.07) is 18.7. The second kappa shape index (κ2) is 6.90. The van der Waals surface area contributed by atoms with Gasteiger partial charge in [0, 0.05) is 16.7 Å². The molecular weight excluding hydrogens is 280 g/mol. The molecule has 0 aliphatic heterocycles. The normalized spacial score (nSPS) is 11.0. The summed E-state index contributed by atoms with van der Waals surface area (Å²) in [6.45, 7) is 0. The molecule has 0 radical (unpaired) electrons. The maximum atomic E-state index is 5.11. The average molecular weight is 294 g/mol. The molecule has 3 aromatic rings. The number of aromatic nitrogens is 2. The lowest BCUT2D eigenvalue weighted by atomic mass is 10.2. The van der Waals surface area contributed by atoms with Gasteiger partial charge in [0.05, 0.1) is 0 Å². The minimum absolute atomic E-state index is 0.512. The first-order chi connectivity index (χ1) is 10.4. The summed E-state index contributed by atoms with van der Waals surface area (Å²) in [5.74, 6) is 1.46. The van der Waals surface area contributed by atoms with E-state index in [0.29, 0.717) is 5.89 Å². The zero-order valence-electron chi connectivity index (χ0n) is 11.3. The van der Waals surface area contributed by atoms with E-state index in [4.69, 9.17) is 4.42 Å². The highest BCUT2D eigenvalue weighted by Crippen LogP contribution is 2.27. The molecule has 3 rings (SSSR count). The maximum absolute atomic E-state index is 5.11. The summed E-state index contributed by atoms with van der Waals surface area (Å²) >= 11 is 1.82. The van der Waals surface area contributed by atoms with Crippen molar-refractivity contribution in [3.8, 4) is 0 Å². The van der Waals surface area contributed by atoms with Gasteiger partial charge >= 0.3 is 0 Å². The first-order valence-corrected chi connectivity index (χ1v) is 7.60. The third-order valence-corrected chi connectivity index (χ3v) is 4.10. The van der Waals surface area contributed by atoms with E-state index >= 15 is 0 Å². The zero-order chi connectivity index (χ0) is 14.3. The Labute approximate surface area is 127 Å². The second-order valence-corrected chi connectivity index (χ2v) is 5.44. The molecule has 4 heteroatoms. The fourth-order valence-electron chi connectivity index (χ4n) is 1.90. The van der Waals surface area contributed by atoms with Gasteiger partial charge in [-0.3, -0.25) is 0 Å². The quantitative estimate of drug-likeness (QED) is 0.648. The molecule has 0 aliphatic carbocycles. The number of rotatable bonds is 5. The van der Waals surface area contributed by atoms with Crippen molar-refractivity contribution >= 4 is 23.9 Å². The molecule has 1 aromatic heterocycles. The molecule has 0 unspecified atom stereocenters. The summed E-state index contributed by atoms with van der Waals surface area (Å²) < 4.78 is 5.11. The molecule has 0 aliphatic rings. The summed E-state index contributed by atoms with van der Waals surface area (Å²) in [5, 5.41) is 7.50. The number of thioether (sulfide) groups is 1. The van der Waals surface area contributed by atoms with Gasteiger partial charge in [0.15, 0.2) is 0 Å². The van der Waals surface area contributed by atoms with Crippen molar-refractivity contribution in [2.45, 2.75) is 10.6 Å². The van der Waals surface area contributed by atoms with Gasteiger partial charge in [-0.05, 0) is 23.3 Å². The van der Waals surface area contributed by atoms with Gasteiger partial charge in [0.25, 0.3) is 0 Å². The molecular formula is C17H14N2OS. The van der Waals surface area contributed by atoms with Gasteiger partial charge < -0.3 is 4.42 Å². The molecule has 1 heterocycles. The molecule has 104 valence electrons. The van der Waals surface area contributed by atoms with Gasteiger partial charge in [0.2, 0.25) is 12.3 Å². The zero-order valence-corrected chi connectivity index (χ0v) is 12.2. The topological polar surface area (TPSA) is 38.9 Å². The number of hydrogen-bond donors (Lipinski definition) is 0. The predicted molar refractivity (Wildman–Crippen MR) is 85.7 cm³/mol. The third-order valence-electron chi connectivity index (χ3n) is 2.94. The van der Waals surface area contributed by atoms with E-state index in [1.54, 1.807) is 0 Å². The fraction of sp³-hybridized carbons (Fsp3) is 0.0588. The Morgan fingerprint density at radius 1 is 0.952 bits per heavy atom. The van der Waals surface area contributed by atoms with E-state index in [9.17, 15) is 0 Å². The van der Waals surface area contributed by atoms with Crippen LogP contribution in [0.3, 0.4) is 0 Å². The van der Waals surface area contributed by atoms with Crippen LogP contribution in [0, 0.1) is 0 Å². The van der Waals surface area contributed by atoms with Crippen molar-refractivity contribution < 1.29 is 4.42 Å². The van der Waals surface area contributed by atoms with E-state index in [0.717, 1.165) is 11.3 Å². The van der Waals surface area contributed by atoms with Gasteiger partial charge in [0.1, 0.15) is 0 Å². The molecule has 0 spiro atoms. The highest BCUT2D eigenvalue weighted by molar-refractivity contribution is 7.98. The van der Waals surface area contributed by atoms with Crippen LogP contribution in [0.25, 0.3) is 12.2 Å². The molecule has 0 atom stereocenters. The van der Waals surface area contributed by atoms with Gasteiger partial charge in [-0.2, -0.15) is 0 Å². The highest BCUT2D eigenvalue weighted by atomic mass is 32.2. The van der Waals surface area contributed by atoms with E-state index in [-0.39, 0.29) is 0 Å². The smallest absolute Gasteiger partial charge is 0.240 e. The van der Waals surface area contributed by atoms with E-state index in [1.165, 1.54) is 16.9 Å². The summed E-state index contributed by atoms with van der Waals surface area (Å²) in [6.07, 6.45) is 5.16. The highest BCUT2D eigenvalue weighted by Gasteiger charge is 2.01.